The third-order valence-electron chi connectivity index (χ3n) is 2.91. The first-order valence-electron chi connectivity index (χ1n) is 6.22. The monoisotopic (exact) mass is 299 g/mol. The number of nitrogens with two attached hydrogens (primary N) is 1. The maximum atomic E-state index is 12.4. The lowest BCUT2D eigenvalue weighted by Crippen LogP contribution is -2.40. The minimum absolute atomic E-state index is 0.147. The Bertz CT molecular complexity index is 582. The Labute approximate surface area is 117 Å². The predicted octanol–water partition coefficient (Wildman–Crippen LogP) is -0.395. The predicted molar refractivity (Wildman–Crippen MR) is 73.7 cm³/mol. The average molecular weight is 299 g/mol. The third kappa shape index (κ3) is 3.34. The molecule has 1 aliphatic rings. The minimum atomic E-state index is -3.56. The van der Waals surface area contributed by atoms with E-state index in [2.05, 4.69) is 5.32 Å². The fourth-order valence-electron chi connectivity index (χ4n) is 1.88. The van der Waals surface area contributed by atoms with Gasteiger partial charge in [-0.05, 0) is 18.2 Å². The van der Waals surface area contributed by atoms with E-state index >= 15 is 0 Å². The van der Waals surface area contributed by atoms with E-state index in [1.807, 2.05) is 0 Å². The number of morpholine rings is 1. The second-order valence-electron chi connectivity index (χ2n) is 4.30. The van der Waals surface area contributed by atoms with E-state index in [9.17, 15) is 13.2 Å². The largest absolute Gasteiger partial charge is 0.379 e. The van der Waals surface area contributed by atoms with Crippen LogP contribution in [0.4, 0.5) is 5.69 Å². The number of rotatable bonds is 4. The van der Waals surface area contributed by atoms with Crippen LogP contribution in [0.15, 0.2) is 29.2 Å². The molecule has 0 spiro atoms. The molecule has 0 aromatic heterocycles. The summed E-state index contributed by atoms with van der Waals surface area (Å²) in [6.07, 6.45) is 0. The molecule has 0 bridgehead atoms. The Morgan fingerprint density at radius 1 is 1.35 bits per heavy atom. The van der Waals surface area contributed by atoms with Gasteiger partial charge in [0.2, 0.25) is 15.9 Å². The van der Waals surface area contributed by atoms with Crippen LogP contribution in [-0.2, 0) is 19.6 Å². The summed E-state index contributed by atoms with van der Waals surface area (Å²) in [6, 6.07) is 6.13. The van der Waals surface area contributed by atoms with Crippen molar-refractivity contribution in [3.05, 3.63) is 24.3 Å². The van der Waals surface area contributed by atoms with Crippen LogP contribution in [0.2, 0.25) is 0 Å². The maximum Gasteiger partial charge on any atom is 0.243 e. The van der Waals surface area contributed by atoms with Crippen LogP contribution in [0.5, 0.6) is 0 Å². The molecule has 3 N–H and O–H groups in total. The number of benzene rings is 1. The first-order valence-corrected chi connectivity index (χ1v) is 7.66. The number of anilines is 1. The molecule has 2 rings (SSSR count). The van der Waals surface area contributed by atoms with Crippen molar-refractivity contribution in [2.75, 3.05) is 38.2 Å². The summed E-state index contributed by atoms with van der Waals surface area (Å²) in [7, 11) is -3.56. The number of carbonyl (C=O) groups is 1. The molecule has 20 heavy (non-hydrogen) atoms. The van der Waals surface area contributed by atoms with Gasteiger partial charge in [-0.2, -0.15) is 4.31 Å². The minimum Gasteiger partial charge on any atom is -0.379 e. The highest BCUT2D eigenvalue weighted by Crippen LogP contribution is 2.20. The summed E-state index contributed by atoms with van der Waals surface area (Å²) < 4.78 is 31.4. The van der Waals surface area contributed by atoms with Crippen molar-refractivity contribution < 1.29 is 17.9 Å². The second-order valence-corrected chi connectivity index (χ2v) is 6.23. The second kappa shape index (κ2) is 6.31. The summed E-state index contributed by atoms with van der Waals surface area (Å²) >= 11 is 0. The van der Waals surface area contributed by atoms with Gasteiger partial charge in [-0.1, -0.05) is 6.07 Å². The summed E-state index contributed by atoms with van der Waals surface area (Å²) in [5.74, 6) is -0.370. The van der Waals surface area contributed by atoms with Crippen LogP contribution in [-0.4, -0.2) is 51.5 Å². The zero-order valence-corrected chi connectivity index (χ0v) is 11.7. The van der Waals surface area contributed by atoms with Crippen molar-refractivity contribution in [3.63, 3.8) is 0 Å². The van der Waals surface area contributed by atoms with Crippen molar-refractivity contribution in [1.29, 1.82) is 0 Å². The van der Waals surface area contributed by atoms with E-state index in [4.69, 9.17) is 10.5 Å². The maximum absolute atomic E-state index is 12.4. The van der Waals surface area contributed by atoms with Crippen molar-refractivity contribution in [2.45, 2.75) is 4.90 Å². The van der Waals surface area contributed by atoms with Gasteiger partial charge in [0.25, 0.3) is 0 Å². The molecule has 1 heterocycles. The average Bonchev–Trinajstić information content (AvgIpc) is 2.48. The molecule has 1 aromatic rings. The van der Waals surface area contributed by atoms with E-state index < -0.39 is 10.0 Å². The SMILES string of the molecule is NCC(=O)Nc1cccc(S(=O)(=O)N2CCOCC2)c1. The van der Waals surface area contributed by atoms with E-state index in [0.717, 1.165) is 0 Å². The molecular formula is C12H17N3O4S. The number of amides is 1. The van der Waals surface area contributed by atoms with E-state index in [1.165, 1.54) is 16.4 Å². The van der Waals surface area contributed by atoms with Crippen LogP contribution >= 0.6 is 0 Å². The normalized spacial score (nSPS) is 16.9. The molecule has 0 unspecified atom stereocenters. The van der Waals surface area contributed by atoms with E-state index in [1.54, 1.807) is 12.1 Å². The molecule has 110 valence electrons. The molecule has 8 heteroatoms. The van der Waals surface area contributed by atoms with Crippen LogP contribution in [0.25, 0.3) is 0 Å². The third-order valence-corrected chi connectivity index (χ3v) is 4.81. The van der Waals surface area contributed by atoms with Crippen LogP contribution in [0.3, 0.4) is 0 Å². The topological polar surface area (TPSA) is 102 Å². The fourth-order valence-corrected chi connectivity index (χ4v) is 3.34. The number of nitrogens with zero attached hydrogens (tertiary/aromatic N) is 1. The summed E-state index contributed by atoms with van der Waals surface area (Å²) in [5, 5.41) is 2.54. The van der Waals surface area contributed by atoms with Gasteiger partial charge in [0.15, 0.2) is 0 Å². The zero-order valence-electron chi connectivity index (χ0n) is 10.9. The molecule has 1 aliphatic heterocycles. The van der Waals surface area contributed by atoms with E-state index in [0.29, 0.717) is 32.0 Å². The molecule has 0 atom stereocenters. The molecule has 0 saturated carbocycles. The molecule has 1 saturated heterocycles. The van der Waals surface area contributed by atoms with Gasteiger partial charge < -0.3 is 15.8 Å². The van der Waals surface area contributed by atoms with E-state index in [-0.39, 0.29) is 17.3 Å². The molecule has 0 aliphatic carbocycles. The Morgan fingerprint density at radius 2 is 2.05 bits per heavy atom. The standard InChI is InChI=1S/C12H17N3O4S/c13-9-12(16)14-10-2-1-3-11(8-10)20(17,18)15-4-6-19-7-5-15/h1-3,8H,4-7,9,13H2,(H,14,16). The molecule has 1 fully saturated rings. The molecule has 1 aromatic carbocycles. The molecule has 7 nitrogen and oxygen atoms in total. The number of carbonyl (C=O) groups excluding carboxylic acids is 1. The number of hydrogen-bond acceptors (Lipinski definition) is 5. The van der Waals surface area contributed by atoms with Gasteiger partial charge in [0.05, 0.1) is 24.7 Å². The highest BCUT2D eigenvalue weighted by atomic mass is 32.2. The van der Waals surface area contributed by atoms with Gasteiger partial charge in [-0.15, -0.1) is 0 Å². The molecule has 1 amide bonds. The molecule has 0 radical (unpaired) electrons. The number of sulfonamides is 1. The summed E-state index contributed by atoms with van der Waals surface area (Å²) in [4.78, 5) is 11.4. The fraction of sp³-hybridized carbons (Fsp3) is 0.417. The first kappa shape index (κ1) is 14.9. The lowest BCUT2D eigenvalue weighted by Gasteiger charge is -2.26. The van der Waals surface area contributed by atoms with Crippen LogP contribution in [0, 0.1) is 0 Å². The zero-order chi connectivity index (χ0) is 14.6. The van der Waals surface area contributed by atoms with Gasteiger partial charge in [-0.3, -0.25) is 4.79 Å². The van der Waals surface area contributed by atoms with Crippen LogP contribution < -0.4 is 11.1 Å². The van der Waals surface area contributed by atoms with Crippen molar-refractivity contribution >= 4 is 21.6 Å². The highest BCUT2D eigenvalue weighted by molar-refractivity contribution is 7.89. The van der Waals surface area contributed by atoms with Gasteiger partial charge in [-0.25, -0.2) is 8.42 Å². The smallest absolute Gasteiger partial charge is 0.243 e. The van der Waals surface area contributed by atoms with Crippen molar-refractivity contribution in [2.24, 2.45) is 5.73 Å². The van der Waals surface area contributed by atoms with Crippen LogP contribution in [0.1, 0.15) is 0 Å². The lowest BCUT2D eigenvalue weighted by molar-refractivity contribution is -0.114. The Kier molecular flexibility index (Phi) is 4.71. The lowest BCUT2D eigenvalue weighted by atomic mass is 10.3. The van der Waals surface area contributed by atoms with Crippen molar-refractivity contribution in [3.8, 4) is 0 Å². The number of hydrogen-bond donors (Lipinski definition) is 2. The van der Waals surface area contributed by atoms with Gasteiger partial charge in [0, 0.05) is 18.8 Å². The summed E-state index contributed by atoms with van der Waals surface area (Å²) in [6.45, 7) is 1.30. The van der Waals surface area contributed by atoms with Crippen molar-refractivity contribution in [1.82, 2.24) is 4.31 Å². The van der Waals surface area contributed by atoms with Gasteiger partial charge in [0.1, 0.15) is 0 Å². The van der Waals surface area contributed by atoms with Gasteiger partial charge >= 0.3 is 0 Å². The number of ether oxygens (including phenoxy) is 1. The molecular weight excluding hydrogens is 282 g/mol. The number of nitrogens with one attached hydrogen (secondary N) is 1. The Morgan fingerprint density at radius 3 is 2.70 bits per heavy atom. The quantitative estimate of drug-likeness (QED) is 0.788. The first-order chi connectivity index (χ1) is 9.54. The Balaban J connectivity index is 2.23. The Hall–Kier alpha value is -1.48. The highest BCUT2D eigenvalue weighted by Gasteiger charge is 2.26. The summed E-state index contributed by atoms with van der Waals surface area (Å²) in [5.41, 5.74) is 5.62.